The molecule has 0 aliphatic carbocycles. The normalized spacial score (nSPS) is 10.8. The summed E-state index contributed by atoms with van der Waals surface area (Å²) in [5.41, 5.74) is 2.59. The SMILES string of the molecule is CCc1ccc(CC(C)C)cc1Cl. The van der Waals surface area contributed by atoms with Gasteiger partial charge >= 0.3 is 0 Å². The molecule has 0 bridgehead atoms. The molecule has 0 spiro atoms. The lowest BCUT2D eigenvalue weighted by molar-refractivity contribution is 0.647. The monoisotopic (exact) mass is 196 g/mol. The van der Waals surface area contributed by atoms with Crippen LogP contribution >= 0.6 is 11.6 Å². The quantitative estimate of drug-likeness (QED) is 0.683. The van der Waals surface area contributed by atoms with Crippen molar-refractivity contribution < 1.29 is 0 Å². The third kappa shape index (κ3) is 3.04. The Bertz CT molecular complexity index is 276. The van der Waals surface area contributed by atoms with Crippen LogP contribution in [0.25, 0.3) is 0 Å². The van der Waals surface area contributed by atoms with Crippen LogP contribution in [0.15, 0.2) is 18.2 Å². The van der Waals surface area contributed by atoms with E-state index in [2.05, 4.69) is 39.0 Å². The molecule has 0 heterocycles. The Morgan fingerprint density at radius 2 is 2.00 bits per heavy atom. The van der Waals surface area contributed by atoms with Gasteiger partial charge in [0.05, 0.1) is 0 Å². The first-order valence-corrected chi connectivity index (χ1v) is 5.28. The van der Waals surface area contributed by atoms with Gasteiger partial charge in [0.1, 0.15) is 0 Å². The molecule has 0 unspecified atom stereocenters. The second kappa shape index (κ2) is 4.66. The highest BCUT2D eigenvalue weighted by atomic mass is 35.5. The Kier molecular flexibility index (Phi) is 3.80. The van der Waals surface area contributed by atoms with Gasteiger partial charge in [0.25, 0.3) is 0 Å². The molecule has 0 aromatic heterocycles. The Morgan fingerprint density at radius 3 is 2.46 bits per heavy atom. The summed E-state index contributed by atoms with van der Waals surface area (Å²) < 4.78 is 0. The molecule has 0 amide bonds. The van der Waals surface area contributed by atoms with Gasteiger partial charge in [0.15, 0.2) is 0 Å². The van der Waals surface area contributed by atoms with E-state index in [1.54, 1.807) is 0 Å². The van der Waals surface area contributed by atoms with E-state index < -0.39 is 0 Å². The maximum atomic E-state index is 6.11. The summed E-state index contributed by atoms with van der Waals surface area (Å²) in [7, 11) is 0. The second-order valence-corrected chi connectivity index (χ2v) is 4.28. The van der Waals surface area contributed by atoms with Gasteiger partial charge in [0.2, 0.25) is 0 Å². The third-order valence-corrected chi connectivity index (χ3v) is 2.49. The Balaban J connectivity index is 2.83. The summed E-state index contributed by atoms with van der Waals surface area (Å²) in [5, 5.41) is 0.917. The lowest BCUT2D eigenvalue weighted by Gasteiger charge is -2.07. The molecule has 1 aromatic carbocycles. The van der Waals surface area contributed by atoms with Gasteiger partial charge in [-0.1, -0.05) is 44.5 Å². The zero-order chi connectivity index (χ0) is 9.84. The Morgan fingerprint density at radius 1 is 1.31 bits per heavy atom. The summed E-state index contributed by atoms with van der Waals surface area (Å²) in [6.07, 6.45) is 2.13. The van der Waals surface area contributed by atoms with Crippen LogP contribution in [0, 0.1) is 5.92 Å². The number of hydrogen-bond acceptors (Lipinski definition) is 0. The van der Waals surface area contributed by atoms with Crippen molar-refractivity contribution in [2.45, 2.75) is 33.6 Å². The molecular weight excluding hydrogens is 180 g/mol. The summed E-state index contributed by atoms with van der Waals surface area (Å²) >= 11 is 6.11. The predicted molar refractivity (Wildman–Crippen MR) is 59.4 cm³/mol. The molecule has 72 valence electrons. The summed E-state index contributed by atoms with van der Waals surface area (Å²) in [5.74, 6) is 0.698. The van der Waals surface area contributed by atoms with E-state index in [-0.39, 0.29) is 0 Å². The van der Waals surface area contributed by atoms with Crippen molar-refractivity contribution in [3.05, 3.63) is 34.3 Å². The number of halogens is 1. The van der Waals surface area contributed by atoms with Gasteiger partial charge in [-0.25, -0.2) is 0 Å². The van der Waals surface area contributed by atoms with Crippen LogP contribution in [0.4, 0.5) is 0 Å². The average Bonchev–Trinajstić information content (AvgIpc) is 2.03. The van der Waals surface area contributed by atoms with Gasteiger partial charge in [-0.3, -0.25) is 0 Å². The second-order valence-electron chi connectivity index (χ2n) is 3.88. The third-order valence-electron chi connectivity index (χ3n) is 2.14. The van der Waals surface area contributed by atoms with Crippen LogP contribution in [-0.4, -0.2) is 0 Å². The topological polar surface area (TPSA) is 0 Å². The van der Waals surface area contributed by atoms with Crippen molar-refractivity contribution in [2.75, 3.05) is 0 Å². The van der Waals surface area contributed by atoms with E-state index in [0.717, 1.165) is 17.9 Å². The predicted octanol–water partition coefficient (Wildman–Crippen LogP) is 4.10. The number of benzene rings is 1. The van der Waals surface area contributed by atoms with Gasteiger partial charge in [-0.15, -0.1) is 0 Å². The molecule has 0 saturated heterocycles. The maximum Gasteiger partial charge on any atom is 0.0440 e. The van der Waals surface area contributed by atoms with Gasteiger partial charge in [-0.2, -0.15) is 0 Å². The standard InChI is InChI=1S/C12H17Cl/c1-4-11-6-5-10(7-9(2)3)8-12(11)13/h5-6,8-9H,4,7H2,1-3H3. The average molecular weight is 197 g/mol. The lowest BCUT2D eigenvalue weighted by Crippen LogP contribution is -1.94. The van der Waals surface area contributed by atoms with E-state index in [1.807, 2.05) is 0 Å². The van der Waals surface area contributed by atoms with E-state index >= 15 is 0 Å². The highest BCUT2D eigenvalue weighted by molar-refractivity contribution is 6.31. The first-order chi connectivity index (χ1) is 6.13. The maximum absolute atomic E-state index is 6.11. The summed E-state index contributed by atoms with van der Waals surface area (Å²) in [6.45, 7) is 6.58. The minimum absolute atomic E-state index is 0.698. The molecule has 13 heavy (non-hydrogen) atoms. The van der Waals surface area contributed by atoms with Crippen LogP contribution in [-0.2, 0) is 12.8 Å². The van der Waals surface area contributed by atoms with Crippen LogP contribution in [0.5, 0.6) is 0 Å². The minimum Gasteiger partial charge on any atom is -0.0840 e. The summed E-state index contributed by atoms with van der Waals surface area (Å²) in [6, 6.07) is 6.42. The van der Waals surface area contributed by atoms with Crippen molar-refractivity contribution >= 4 is 11.6 Å². The van der Waals surface area contributed by atoms with E-state index in [1.165, 1.54) is 11.1 Å². The van der Waals surface area contributed by atoms with Crippen molar-refractivity contribution in [2.24, 2.45) is 5.92 Å². The highest BCUT2D eigenvalue weighted by Crippen LogP contribution is 2.20. The minimum atomic E-state index is 0.698. The first-order valence-electron chi connectivity index (χ1n) is 4.90. The van der Waals surface area contributed by atoms with Gasteiger partial charge in [0, 0.05) is 5.02 Å². The van der Waals surface area contributed by atoms with Crippen LogP contribution < -0.4 is 0 Å². The van der Waals surface area contributed by atoms with E-state index in [0.29, 0.717) is 5.92 Å². The molecule has 0 atom stereocenters. The van der Waals surface area contributed by atoms with Crippen molar-refractivity contribution in [1.29, 1.82) is 0 Å². The lowest BCUT2D eigenvalue weighted by atomic mass is 10.0. The molecule has 1 rings (SSSR count). The fourth-order valence-electron chi connectivity index (χ4n) is 1.48. The largest absolute Gasteiger partial charge is 0.0840 e. The van der Waals surface area contributed by atoms with Crippen LogP contribution in [0.2, 0.25) is 5.02 Å². The van der Waals surface area contributed by atoms with Gasteiger partial charge < -0.3 is 0 Å². The zero-order valence-corrected chi connectivity index (χ0v) is 9.36. The smallest absolute Gasteiger partial charge is 0.0440 e. The van der Waals surface area contributed by atoms with Crippen LogP contribution in [0.3, 0.4) is 0 Å². The molecular formula is C12H17Cl. The molecule has 1 heteroatoms. The van der Waals surface area contributed by atoms with Crippen molar-refractivity contribution in [3.63, 3.8) is 0 Å². The molecule has 0 radical (unpaired) electrons. The van der Waals surface area contributed by atoms with E-state index in [4.69, 9.17) is 11.6 Å². The molecule has 0 aliphatic heterocycles. The number of rotatable bonds is 3. The van der Waals surface area contributed by atoms with Crippen molar-refractivity contribution in [3.8, 4) is 0 Å². The molecule has 0 nitrogen and oxygen atoms in total. The fourth-order valence-corrected chi connectivity index (χ4v) is 1.81. The first kappa shape index (κ1) is 10.6. The fraction of sp³-hybridized carbons (Fsp3) is 0.500. The van der Waals surface area contributed by atoms with Crippen molar-refractivity contribution in [1.82, 2.24) is 0 Å². The number of aryl methyl sites for hydroxylation is 1. The highest BCUT2D eigenvalue weighted by Gasteiger charge is 2.01. The molecule has 0 saturated carbocycles. The molecule has 0 fully saturated rings. The zero-order valence-electron chi connectivity index (χ0n) is 8.60. The van der Waals surface area contributed by atoms with E-state index in [9.17, 15) is 0 Å². The Labute approximate surface area is 85.9 Å². The molecule has 0 N–H and O–H groups in total. The Hall–Kier alpha value is -0.490. The molecule has 0 aliphatic rings. The van der Waals surface area contributed by atoms with Crippen LogP contribution in [0.1, 0.15) is 31.9 Å². The molecule has 1 aromatic rings. The summed E-state index contributed by atoms with van der Waals surface area (Å²) in [4.78, 5) is 0. The number of hydrogen-bond donors (Lipinski definition) is 0. The van der Waals surface area contributed by atoms with Gasteiger partial charge in [-0.05, 0) is 36.0 Å².